The smallest absolute Gasteiger partial charge is 0.331 e. The van der Waals surface area contributed by atoms with Gasteiger partial charge < -0.3 is 9.47 Å². The summed E-state index contributed by atoms with van der Waals surface area (Å²) in [4.78, 5) is 54.5. The average Bonchev–Trinajstić information content (AvgIpc) is 3.46. The van der Waals surface area contributed by atoms with Crippen LogP contribution < -0.4 is 5.32 Å². The lowest BCUT2D eigenvalue weighted by atomic mass is 10.0. The van der Waals surface area contributed by atoms with Crippen LogP contribution in [0.5, 0.6) is 0 Å². The molecule has 2 aromatic rings. The summed E-state index contributed by atoms with van der Waals surface area (Å²) >= 11 is 0. The number of piperidine rings is 1. The second kappa shape index (κ2) is 9.08. The summed E-state index contributed by atoms with van der Waals surface area (Å²) in [5.41, 5.74) is 1.49. The van der Waals surface area contributed by atoms with Crippen molar-refractivity contribution in [3.63, 3.8) is 0 Å². The van der Waals surface area contributed by atoms with Crippen molar-refractivity contribution in [1.82, 2.24) is 19.7 Å². The number of benzene rings is 1. The number of carbonyl (C=O) groups is 4. The predicted octanol–water partition coefficient (Wildman–Crippen LogP) is 3.45. The molecule has 178 valence electrons. The number of carbonyl (C=O) groups excluding carboxylic acids is 4. The number of imide groups is 2. The van der Waals surface area contributed by atoms with Crippen LogP contribution in [0.1, 0.15) is 57.4 Å². The standard InChI is InChI=1S/C26H30N4O4/c1-17-8-6-7-13-29(17)23(31)16-28-15-18(20-11-4-5-12-22(20)28)14-21-24(32)27-26(34)30(25(21)33)19-9-2-3-10-19/h4-5,11-12,14-15,17,19H,2-3,6-10,13,16H2,1H3,(H,27,32,34)/b21-14-/t17-/m0/s1. The Morgan fingerprint density at radius 3 is 2.56 bits per heavy atom. The predicted molar refractivity (Wildman–Crippen MR) is 128 cm³/mol. The van der Waals surface area contributed by atoms with Crippen LogP contribution in [-0.4, -0.2) is 56.7 Å². The van der Waals surface area contributed by atoms with Crippen LogP contribution >= 0.6 is 0 Å². The molecule has 1 saturated carbocycles. The Morgan fingerprint density at radius 1 is 1.06 bits per heavy atom. The number of nitrogens with one attached hydrogen (secondary N) is 1. The number of nitrogens with zero attached hydrogens (tertiary/aromatic N) is 3. The van der Waals surface area contributed by atoms with E-state index in [1.807, 2.05) is 39.9 Å². The van der Waals surface area contributed by atoms with Gasteiger partial charge >= 0.3 is 6.03 Å². The minimum absolute atomic E-state index is 0.0506. The summed E-state index contributed by atoms with van der Waals surface area (Å²) < 4.78 is 1.89. The van der Waals surface area contributed by atoms with Gasteiger partial charge in [0, 0.05) is 41.3 Å². The Labute approximate surface area is 198 Å². The van der Waals surface area contributed by atoms with E-state index in [0.717, 1.165) is 62.4 Å². The molecule has 2 saturated heterocycles. The number of barbiturate groups is 1. The minimum atomic E-state index is -0.681. The van der Waals surface area contributed by atoms with Gasteiger partial charge in [-0.1, -0.05) is 31.0 Å². The molecule has 1 aliphatic carbocycles. The topological polar surface area (TPSA) is 91.7 Å². The van der Waals surface area contributed by atoms with Gasteiger partial charge in [0.2, 0.25) is 5.91 Å². The Hall–Kier alpha value is -3.42. The van der Waals surface area contributed by atoms with Crippen molar-refractivity contribution in [3.8, 4) is 0 Å². The highest BCUT2D eigenvalue weighted by atomic mass is 16.2. The van der Waals surface area contributed by atoms with Crippen molar-refractivity contribution >= 4 is 40.7 Å². The van der Waals surface area contributed by atoms with Crippen LogP contribution in [0.2, 0.25) is 0 Å². The zero-order chi connectivity index (χ0) is 23.8. The Kier molecular flexibility index (Phi) is 5.98. The summed E-state index contributed by atoms with van der Waals surface area (Å²) in [6, 6.07) is 7.06. The molecule has 1 N–H and O–H groups in total. The fraction of sp³-hybridized carbons (Fsp3) is 0.462. The van der Waals surface area contributed by atoms with Gasteiger partial charge in [0.15, 0.2) is 0 Å². The van der Waals surface area contributed by atoms with Crippen LogP contribution in [0.4, 0.5) is 4.79 Å². The number of para-hydroxylation sites is 1. The fourth-order valence-corrected chi connectivity index (χ4v) is 5.55. The first kappa shape index (κ1) is 22.4. The van der Waals surface area contributed by atoms with E-state index in [4.69, 9.17) is 0 Å². The number of amides is 5. The third kappa shape index (κ3) is 4.02. The molecule has 34 heavy (non-hydrogen) atoms. The molecule has 0 radical (unpaired) electrons. The molecule has 3 fully saturated rings. The van der Waals surface area contributed by atoms with E-state index in [-0.39, 0.29) is 30.1 Å². The van der Waals surface area contributed by atoms with Crippen molar-refractivity contribution in [2.45, 2.75) is 70.5 Å². The van der Waals surface area contributed by atoms with Crippen LogP contribution in [0.25, 0.3) is 17.0 Å². The van der Waals surface area contributed by atoms with Crippen LogP contribution in [0.15, 0.2) is 36.0 Å². The van der Waals surface area contributed by atoms with E-state index in [1.165, 1.54) is 4.90 Å². The molecule has 0 unspecified atom stereocenters. The first-order valence-corrected chi connectivity index (χ1v) is 12.2. The van der Waals surface area contributed by atoms with Gasteiger partial charge in [0.05, 0.1) is 0 Å². The molecule has 3 heterocycles. The maximum Gasteiger partial charge on any atom is 0.331 e. The monoisotopic (exact) mass is 462 g/mol. The summed E-state index contributed by atoms with van der Waals surface area (Å²) in [6.07, 6.45) is 10.0. The van der Waals surface area contributed by atoms with Gasteiger partial charge in [-0.3, -0.25) is 24.6 Å². The zero-order valence-electron chi connectivity index (χ0n) is 19.5. The molecule has 2 aliphatic heterocycles. The normalized spacial score (nSPS) is 23.3. The van der Waals surface area contributed by atoms with E-state index in [1.54, 1.807) is 6.08 Å². The Bertz CT molecular complexity index is 1190. The molecule has 1 atom stereocenters. The molecular formula is C26H30N4O4. The number of likely N-dealkylation sites (tertiary alicyclic amines) is 1. The van der Waals surface area contributed by atoms with Gasteiger partial charge in [-0.25, -0.2) is 4.79 Å². The number of hydrogen-bond donors (Lipinski definition) is 1. The molecule has 1 aromatic heterocycles. The second-order valence-corrected chi connectivity index (χ2v) is 9.59. The van der Waals surface area contributed by atoms with Crippen molar-refractivity contribution in [2.75, 3.05) is 6.54 Å². The lowest BCUT2D eigenvalue weighted by molar-refractivity contribution is -0.135. The third-order valence-electron chi connectivity index (χ3n) is 7.37. The van der Waals surface area contributed by atoms with Gasteiger partial charge in [-0.05, 0) is 51.2 Å². The van der Waals surface area contributed by atoms with E-state index in [2.05, 4.69) is 12.2 Å². The Morgan fingerprint density at radius 2 is 1.79 bits per heavy atom. The lowest BCUT2D eigenvalue weighted by Crippen LogP contribution is -2.57. The SMILES string of the molecule is C[C@H]1CCCCN1C(=O)Cn1cc(/C=C2/C(=O)NC(=O)N(C3CCCC3)C2=O)c2ccccc21. The number of rotatable bonds is 4. The quantitative estimate of drug-likeness (QED) is 0.557. The molecular weight excluding hydrogens is 432 g/mol. The van der Waals surface area contributed by atoms with Gasteiger partial charge in [0.1, 0.15) is 12.1 Å². The maximum atomic E-state index is 13.2. The maximum absolute atomic E-state index is 13.2. The first-order chi connectivity index (χ1) is 16.4. The first-order valence-electron chi connectivity index (χ1n) is 12.2. The summed E-state index contributed by atoms with van der Waals surface area (Å²) in [5, 5.41) is 3.18. The molecule has 8 heteroatoms. The molecule has 5 amide bonds. The fourth-order valence-electron chi connectivity index (χ4n) is 5.55. The highest BCUT2D eigenvalue weighted by Crippen LogP contribution is 2.29. The lowest BCUT2D eigenvalue weighted by Gasteiger charge is -2.33. The zero-order valence-corrected chi connectivity index (χ0v) is 19.5. The highest BCUT2D eigenvalue weighted by Gasteiger charge is 2.40. The third-order valence-corrected chi connectivity index (χ3v) is 7.37. The number of hydrogen-bond acceptors (Lipinski definition) is 4. The highest BCUT2D eigenvalue weighted by molar-refractivity contribution is 6.31. The summed E-state index contributed by atoms with van der Waals surface area (Å²) in [6.45, 7) is 3.06. The minimum Gasteiger partial charge on any atom is -0.338 e. The summed E-state index contributed by atoms with van der Waals surface area (Å²) in [5.74, 6) is -1.16. The van der Waals surface area contributed by atoms with E-state index >= 15 is 0 Å². The van der Waals surface area contributed by atoms with E-state index in [9.17, 15) is 19.2 Å². The molecule has 8 nitrogen and oxygen atoms in total. The largest absolute Gasteiger partial charge is 0.338 e. The van der Waals surface area contributed by atoms with Gasteiger partial charge in [-0.2, -0.15) is 0 Å². The van der Waals surface area contributed by atoms with Crippen molar-refractivity contribution in [1.29, 1.82) is 0 Å². The van der Waals surface area contributed by atoms with Crippen LogP contribution in [-0.2, 0) is 20.9 Å². The van der Waals surface area contributed by atoms with Gasteiger partial charge in [-0.15, -0.1) is 0 Å². The number of urea groups is 1. The van der Waals surface area contributed by atoms with E-state index < -0.39 is 17.8 Å². The second-order valence-electron chi connectivity index (χ2n) is 9.59. The molecule has 3 aliphatic rings. The van der Waals surface area contributed by atoms with Crippen molar-refractivity contribution < 1.29 is 19.2 Å². The number of fused-ring (bicyclic) bond motifs is 1. The molecule has 1 aromatic carbocycles. The van der Waals surface area contributed by atoms with Crippen LogP contribution in [0, 0.1) is 0 Å². The Balaban J connectivity index is 1.48. The van der Waals surface area contributed by atoms with Crippen molar-refractivity contribution in [2.24, 2.45) is 0 Å². The molecule has 0 bridgehead atoms. The van der Waals surface area contributed by atoms with Crippen LogP contribution in [0.3, 0.4) is 0 Å². The summed E-state index contributed by atoms with van der Waals surface area (Å²) in [7, 11) is 0. The average molecular weight is 463 g/mol. The van der Waals surface area contributed by atoms with Gasteiger partial charge in [0.25, 0.3) is 11.8 Å². The van der Waals surface area contributed by atoms with E-state index in [0.29, 0.717) is 5.56 Å². The van der Waals surface area contributed by atoms with Crippen molar-refractivity contribution in [3.05, 3.63) is 41.6 Å². The molecule has 5 rings (SSSR count). The number of aromatic nitrogens is 1. The molecule has 0 spiro atoms.